The summed E-state index contributed by atoms with van der Waals surface area (Å²) in [5.41, 5.74) is 4.06. The lowest BCUT2D eigenvalue weighted by Crippen LogP contribution is -2.53. The summed E-state index contributed by atoms with van der Waals surface area (Å²) in [5, 5.41) is 15.5. The smallest absolute Gasteiger partial charge is 0.407 e. The van der Waals surface area contributed by atoms with Crippen LogP contribution in [0.2, 0.25) is 0 Å². The standard InChI is InChI=1S/C25H26F3N7O3/c1-13-3-4-16(32-22(36)19-10-15(25(26,27)28)5-7-34(19)24(37)38)11-17(13)18-9-14-12-31-23(29-2)33-20(14)35-8-6-30-21(18)35/h3-4,9,11-12,15,19,30H,5-8,10H2,1-2H3,(H,32,36)(H,37,38). The number of pyridine rings is 1. The number of carbonyl (C=O) groups excluding carboxylic acids is 1. The van der Waals surface area contributed by atoms with E-state index in [2.05, 4.69) is 25.6 Å². The number of carboxylic acid groups (broad SMARTS) is 1. The molecule has 5 rings (SSSR count). The molecule has 4 aliphatic rings. The first-order valence-corrected chi connectivity index (χ1v) is 12.1. The van der Waals surface area contributed by atoms with Crippen molar-refractivity contribution in [2.45, 2.75) is 38.5 Å². The molecular weight excluding hydrogens is 503 g/mol. The highest BCUT2D eigenvalue weighted by Gasteiger charge is 2.47. The minimum Gasteiger partial charge on any atom is -0.465 e. The molecule has 0 spiro atoms. The Morgan fingerprint density at radius 3 is 2.71 bits per heavy atom. The van der Waals surface area contributed by atoms with Crippen molar-refractivity contribution in [3.8, 4) is 22.5 Å². The van der Waals surface area contributed by atoms with Crippen LogP contribution in [-0.4, -0.2) is 68.9 Å². The van der Waals surface area contributed by atoms with E-state index in [1.54, 1.807) is 31.4 Å². The van der Waals surface area contributed by atoms with E-state index in [0.717, 1.165) is 38.8 Å². The monoisotopic (exact) mass is 529 g/mol. The second-order valence-corrected chi connectivity index (χ2v) is 9.43. The zero-order valence-corrected chi connectivity index (χ0v) is 20.7. The van der Waals surface area contributed by atoms with Gasteiger partial charge in [-0.15, -0.1) is 0 Å². The molecule has 3 N–H and O–H groups in total. The molecule has 0 bridgehead atoms. The molecule has 0 aromatic heterocycles. The number of nitrogens with zero attached hydrogens (tertiary/aromatic N) is 5. The largest absolute Gasteiger partial charge is 0.465 e. The quantitative estimate of drug-likeness (QED) is 0.477. The van der Waals surface area contributed by atoms with Gasteiger partial charge in [-0.1, -0.05) is 6.07 Å². The van der Waals surface area contributed by atoms with E-state index < -0.39 is 36.6 Å². The van der Waals surface area contributed by atoms with Gasteiger partial charge in [-0.25, -0.2) is 9.78 Å². The van der Waals surface area contributed by atoms with Crippen molar-refractivity contribution in [2.75, 3.05) is 30.8 Å². The van der Waals surface area contributed by atoms with Crippen LogP contribution < -0.4 is 16.3 Å². The molecule has 2 amide bonds. The number of aromatic nitrogens is 3. The lowest BCUT2D eigenvalue weighted by Gasteiger charge is -2.37. The predicted octanol–water partition coefficient (Wildman–Crippen LogP) is 3.57. The van der Waals surface area contributed by atoms with Gasteiger partial charge in [-0.3, -0.25) is 14.7 Å². The number of hydrogen-bond acceptors (Lipinski definition) is 6. The van der Waals surface area contributed by atoms with Crippen LogP contribution in [0.25, 0.3) is 22.5 Å². The fourth-order valence-corrected chi connectivity index (χ4v) is 5.13. The normalized spacial score (nSPS) is 19.8. The van der Waals surface area contributed by atoms with Crippen molar-refractivity contribution in [3.05, 3.63) is 41.6 Å². The number of aryl methyl sites for hydroxylation is 1. The molecule has 200 valence electrons. The van der Waals surface area contributed by atoms with E-state index in [1.165, 1.54) is 0 Å². The maximum absolute atomic E-state index is 13.4. The average Bonchev–Trinajstić information content (AvgIpc) is 3.38. The first-order valence-electron chi connectivity index (χ1n) is 12.1. The van der Waals surface area contributed by atoms with Crippen molar-refractivity contribution >= 4 is 23.5 Å². The third-order valence-corrected chi connectivity index (χ3v) is 7.10. The summed E-state index contributed by atoms with van der Waals surface area (Å²) in [4.78, 5) is 38.4. The Hall–Kier alpha value is -4.16. The average molecular weight is 530 g/mol. The van der Waals surface area contributed by atoms with E-state index in [9.17, 15) is 27.9 Å². The maximum atomic E-state index is 13.4. The van der Waals surface area contributed by atoms with Gasteiger partial charge in [0.05, 0.1) is 5.92 Å². The molecule has 1 aromatic carbocycles. The van der Waals surface area contributed by atoms with Crippen molar-refractivity contribution in [3.63, 3.8) is 0 Å². The molecule has 2 unspecified atom stereocenters. The number of anilines is 2. The first kappa shape index (κ1) is 25.5. The molecule has 1 aromatic rings. The highest BCUT2D eigenvalue weighted by Crippen LogP contribution is 2.40. The van der Waals surface area contributed by atoms with E-state index >= 15 is 0 Å². The Bertz CT molecular complexity index is 1450. The SMILES string of the molecule is CN=c1ncc2cc(-c3cc(NC(=O)C4CC(C(F)(F)F)CCN4C(=O)O)ccc3C)c3n(c-2n1)CCN3. The Balaban J connectivity index is 1.49. The molecule has 0 aliphatic carbocycles. The fraction of sp³-hybridized carbons (Fsp3) is 0.400. The molecule has 1 fully saturated rings. The number of hydrogen-bond donors (Lipinski definition) is 3. The molecule has 4 aliphatic heterocycles. The molecule has 2 atom stereocenters. The summed E-state index contributed by atoms with van der Waals surface area (Å²) in [6.07, 6.45) is -5.22. The topological polar surface area (TPSA) is 125 Å². The number of fused-ring (bicyclic) bond motifs is 3. The van der Waals surface area contributed by atoms with Crippen LogP contribution in [0, 0.1) is 12.8 Å². The van der Waals surface area contributed by atoms with Crippen LogP contribution in [-0.2, 0) is 11.3 Å². The fourth-order valence-electron chi connectivity index (χ4n) is 5.13. The van der Waals surface area contributed by atoms with E-state index in [-0.39, 0.29) is 13.0 Å². The summed E-state index contributed by atoms with van der Waals surface area (Å²) in [5.74, 6) is -0.968. The van der Waals surface area contributed by atoms with Crippen LogP contribution in [0.15, 0.2) is 35.5 Å². The predicted molar refractivity (Wildman–Crippen MR) is 133 cm³/mol. The summed E-state index contributed by atoms with van der Waals surface area (Å²) >= 11 is 0. The Labute approximate surface area is 215 Å². The molecule has 4 heterocycles. The Morgan fingerprint density at radius 1 is 1.21 bits per heavy atom. The van der Waals surface area contributed by atoms with Gasteiger partial charge in [-0.05, 0) is 49.1 Å². The Morgan fingerprint density at radius 2 is 2.00 bits per heavy atom. The lowest BCUT2D eigenvalue weighted by molar-refractivity contribution is -0.188. The lowest BCUT2D eigenvalue weighted by atomic mass is 9.90. The van der Waals surface area contributed by atoms with Crippen molar-refractivity contribution < 1.29 is 27.9 Å². The molecule has 0 saturated carbocycles. The zero-order valence-electron chi connectivity index (χ0n) is 20.7. The van der Waals surface area contributed by atoms with Gasteiger partial charge in [0.15, 0.2) is 0 Å². The zero-order chi connectivity index (χ0) is 27.2. The summed E-state index contributed by atoms with van der Waals surface area (Å²) in [6.45, 7) is 2.92. The maximum Gasteiger partial charge on any atom is 0.407 e. The minimum atomic E-state index is -4.50. The number of halogens is 3. The number of amides is 2. The van der Waals surface area contributed by atoms with Gasteiger partial charge >= 0.3 is 12.3 Å². The van der Waals surface area contributed by atoms with Crippen molar-refractivity contribution in [2.24, 2.45) is 10.9 Å². The van der Waals surface area contributed by atoms with Gasteiger partial charge in [0.25, 0.3) is 0 Å². The van der Waals surface area contributed by atoms with E-state index in [0.29, 0.717) is 24.4 Å². The number of benzene rings is 1. The van der Waals surface area contributed by atoms with Gasteiger partial charge < -0.3 is 20.3 Å². The van der Waals surface area contributed by atoms with Crippen molar-refractivity contribution in [1.82, 2.24) is 19.4 Å². The summed E-state index contributed by atoms with van der Waals surface area (Å²) in [7, 11) is 1.62. The molecule has 0 radical (unpaired) electrons. The third-order valence-electron chi connectivity index (χ3n) is 7.10. The number of nitrogens with one attached hydrogen (secondary N) is 2. The highest BCUT2D eigenvalue weighted by molar-refractivity contribution is 5.97. The Kier molecular flexibility index (Phi) is 6.45. The van der Waals surface area contributed by atoms with Gasteiger partial charge in [-0.2, -0.15) is 18.2 Å². The molecule has 13 heteroatoms. The first-order chi connectivity index (χ1) is 18.1. The number of alkyl halides is 3. The van der Waals surface area contributed by atoms with Gasteiger partial charge in [0.2, 0.25) is 11.5 Å². The summed E-state index contributed by atoms with van der Waals surface area (Å²) < 4.78 is 42.1. The number of carbonyl (C=O) groups is 2. The molecule has 10 nitrogen and oxygen atoms in total. The van der Waals surface area contributed by atoms with Crippen LogP contribution in [0.4, 0.5) is 29.5 Å². The number of likely N-dealkylation sites (tertiary alicyclic amines) is 1. The number of piperidine rings is 1. The van der Waals surface area contributed by atoms with Crippen LogP contribution in [0.5, 0.6) is 0 Å². The van der Waals surface area contributed by atoms with E-state index in [1.807, 2.05) is 17.6 Å². The molecular formula is C25H26F3N7O3. The highest BCUT2D eigenvalue weighted by atomic mass is 19.4. The minimum absolute atomic E-state index is 0.350. The second kappa shape index (κ2) is 9.62. The third kappa shape index (κ3) is 4.63. The van der Waals surface area contributed by atoms with Crippen LogP contribution in [0.3, 0.4) is 0 Å². The molecule has 1 saturated heterocycles. The number of rotatable bonds is 3. The molecule has 38 heavy (non-hydrogen) atoms. The second-order valence-electron chi connectivity index (χ2n) is 9.43. The van der Waals surface area contributed by atoms with E-state index in [4.69, 9.17) is 0 Å². The summed E-state index contributed by atoms with van der Waals surface area (Å²) in [6, 6.07) is 5.67. The van der Waals surface area contributed by atoms with Crippen LogP contribution >= 0.6 is 0 Å². The van der Waals surface area contributed by atoms with Gasteiger partial charge in [0.1, 0.15) is 17.7 Å². The van der Waals surface area contributed by atoms with Gasteiger partial charge in [0, 0.05) is 49.7 Å². The van der Waals surface area contributed by atoms with Crippen LogP contribution in [0.1, 0.15) is 18.4 Å². The van der Waals surface area contributed by atoms with Crippen molar-refractivity contribution in [1.29, 1.82) is 0 Å².